The number of halogens is 1. The minimum Gasteiger partial charge on any atom is -0.482 e. The fraction of sp³-hybridized carbons (Fsp3) is 0.250. The summed E-state index contributed by atoms with van der Waals surface area (Å²) in [6.07, 6.45) is 0. The third-order valence-electron chi connectivity index (χ3n) is 2.25. The van der Waals surface area contributed by atoms with Crippen LogP contribution in [-0.2, 0) is 13.2 Å². The molecule has 1 aromatic carbocycles. The van der Waals surface area contributed by atoms with E-state index >= 15 is 0 Å². The summed E-state index contributed by atoms with van der Waals surface area (Å²) < 4.78 is 23.7. The molecule has 90 valence electrons. The third-order valence-corrected chi connectivity index (χ3v) is 2.25. The van der Waals surface area contributed by atoms with Gasteiger partial charge in [-0.3, -0.25) is 0 Å². The van der Waals surface area contributed by atoms with Crippen molar-refractivity contribution < 1.29 is 18.8 Å². The molecule has 0 spiro atoms. The van der Waals surface area contributed by atoms with Gasteiger partial charge in [0.2, 0.25) is 0 Å². The van der Waals surface area contributed by atoms with Gasteiger partial charge in [-0.1, -0.05) is 17.3 Å². The number of benzene rings is 1. The number of hydrogen-bond acceptors (Lipinski definition) is 4. The Morgan fingerprint density at radius 1 is 1.47 bits per heavy atom. The molecule has 0 unspecified atom stereocenters. The lowest BCUT2D eigenvalue weighted by Gasteiger charge is -2.09. The van der Waals surface area contributed by atoms with Crippen molar-refractivity contribution in [1.29, 1.82) is 0 Å². The predicted molar refractivity (Wildman–Crippen MR) is 57.9 cm³/mol. The van der Waals surface area contributed by atoms with E-state index in [0.29, 0.717) is 11.3 Å². The summed E-state index contributed by atoms with van der Waals surface area (Å²) >= 11 is 0. The van der Waals surface area contributed by atoms with Gasteiger partial charge in [-0.25, -0.2) is 4.39 Å². The van der Waals surface area contributed by atoms with Crippen LogP contribution in [0.2, 0.25) is 0 Å². The first-order valence-corrected chi connectivity index (χ1v) is 5.14. The van der Waals surface area contributed by atoms with Crippen LogP contribution in [0.3, 0.4) is 0 Å². The maximum atomic E-state index is 13.5. The molecule has 0 aliphatic carbocycles. The molecule has 1 aromatic heterocycles. The van der Waals surface area contributed by atoms with Gasteiger partial charge >= 0.3 is 0 Å². The highest BCUT2D eigenvalue weighted by Crippen LogP contribution is 2.23. The first-order valence-electron chi connectivity index (χ1n) is 5.14. The van der Waals surface area contributed by atoms with Crippen LogP contribution >= 0.6 is 0 Å². The number of aryl methyl sites for hydroxylation is 1. The minimum atomic E-state index is -0.507. The molecule has 2 rings (SSSR count). The van der Waals surface area contributed by atoms with Gasteiger partial charge in [0.1, 0.15) is 6.61 Å². The molecule has 0 saturated carbocycles. The fourth-order valence-corrected chi connectivity index (χ4v) is 1.47. The Labute approximate surface area is 97.6 Å². The van der Waals surface area contributed by atoms with Crippen LogP contribution in [0.1, 0.15) is 17.0 Å². The summed E-state index contributed by atoms with van der Waals surface area (Å²) in [5.41, 5.74) is 1.14. The number of rotatable bonds is 4. The van der Waals surface area contributed by atoms with Crippen molar-refractivity contribution in [3.8, 4) is 5.75 Å². The zero-order chi connectivity index (χ0) is 12.3. The quantitative estimate of drug-likeness (QED) is 0.885. The largest absolute Gasteiger partial charge is 0.482 e. The number of nitrogens with zero attached hydrogens (tertiary/aromatic N) is 1. The second-order valence-electron chi connectivity index (χ2n) is 3.61. The van der Waals surface area contributed by atoms with Gasteiger partial charge in [-0.05, 0) is 13.0 Å². The van der Waals surface area contributed by atoms with E-state index in [1.54, 1.807) is 19.1 Å². The van der Waals surface area contributed by atoms with Crippen molar-refractivity contribution in [3.63, 3.8) is 0 Å². The second-order valence-corrected chi connectivity index (χ2v) is 3.61. The molecule has 1 N–H and O–H groups in total. The summed E-state index contributed by atoms with van der Waals surface area (Å²) in [6.45, 7) is 1.59. The first-order chi connectivity index (χ1) is 8.20. The number of aromatic nitrogens is 1. The van der Waals surface area contributed by atoms with Crippen molar-refractivity contribution >= 4 is 0 Å². The molecule has 0 saturated heterocycles. The van der Waals surface area contributed by atoms with E-state index in [0.717, 1.165) is 5.69 Å². The van der Waals surface area contributed by atoms with Crippen LogP contribution in [0, 0.1) is 12.7 Å². The van der Waals surface area contributed by atoms with E-state index in [1.165, 1.54) is 12.1 Å². The summed E-state index contributed by atoms with van der Waals surface area (Å²) in [4.78, 5) is 0. The van der Waals surface area contributed by atoms with Gasteiger partial charge in [0, 0.05) is 11.6 Å². The van der Waals surface area contributed by atoms with Crippen molar-refractivity contribution in [2.75, 3.05) is 0 Å². The Balaban J connectivity index is 2.13. The predicted octanol–water partition coefficient (Wildman–Crippen LogP) is 2.19. The van der Waals surface area contributed by atoms with E-state index in [1.807, 2.05) is 0 Å². The van der Waals surface area contributed by atoms with E-state index in [2.05, 4.69) is 5.16 Å². The Bertz CT molecular complexity index is 510. The second kappa shape index (κ2) is 4.97. The highest BCUT2D eigenvalue weighted by Gasteiger charge is 2.10. The van der Waals surface area contributed by atoms with Gasteiger partial charge in [-0.2, -0.15) is 0 Å². The SMILES string of the molecule is Cc1cc(COc2c(F)cccc2CO)on1. The molecule has 2 aromatic rings. The van der Waals surface area contributed by atoms with E-state index in [4.69, 9.17) is 14.4 Å². The van der Waals surface area contributed by atoms with Crippen molar-refractivity contribution in [2.24, 2.45) is 0 Å². The van der Waals surface area contributed by atoms with Gasteiger partial charge in [-0.15, -0.1) is 0 Å². The zero-order valence-corrected chi connectivity index (χ0v) is 9.31. The Morgan fingerprint density at radius 3 is 2.94 bits per heavy atom. The maximum absolute atomic E-state index is 13.5. The van der Waals surface area contributed by atoms with Gasteiger partial charge in [0.15, 0.2) is 17.3 Å². The third kappa shape index (κ3) is 2.62. The van der Waals surface area contributed by atoms with Crippen LogP contribution in [0.5, 0.6) is 5.75 Å². The molecular formula is C12H12FNO3. The van der Waals surface area contributed by atoms with Crippen LogP contribution in [0.4, 0.5) is 4.39 Å². The summed E-state index contributed by atoms with van der Waals surface area (Å²) in [6, 6.07) is 6.11. The average molecular weight is 237 g/mol. The Hall–Kier alpha value is -1.88. The number of para-hydroxylation sites is 1. The molecule has 0 aliphatic heterocycles. The monoisotopic (exact) mass is 237 g/mol. The fourth-order valence-electron chi connectivity index (χ4n) is 1.47. The highest BCUT2D eigenvalue weighted by molar-refractivity contribution is 5.34. The number of aliphatic hydroxyl groups is 1. The van der Waals surface area contributed by atoms with Crippen molar-refractivity contribution in [2.45, 2.75) is 20.1 Å². The number of aliphatic hydroxyl groups excluding tert-OH is 1. The molecule has 0 amide bonds. The highest BCUT2D eigenvalue weighted by atomic mass is 19.1. The molecule has 0 fully saturated rings. The molecule has 5 heteroatoms. The lowest BCUT2D eigenvalue weighted by atomic mass is 10.2. The molecule has 0 bridgehead atoms. The normalized spacial score (nSPS) is 10.5. The molecule has 0 aliphatic rings. The summed E-state index contributed by atoms with van der Waals surface area (Å²) in [7, 11) is 0. The Morgan fingerprint density at radius 2 is 2.29 bits per heavy atom. The maximum Gasteiger partial charge on any atom is 0.174 e. The molecule has 17 heavy (non-hydrogen) atoms. The smallest absolute Gasteiger partial charge is 0.174 e. The lowest BCUT2D eigenvalue weighted by molar-refractivity contribution is 0.225. The topological polar surface area (TPSA) is 55.5 Å². The molecular weight excluding hydrogens is 225 g/mol. The molecule has 4 nitrogen and oxygen atoms in total. The van der Waals surface area contributed by atoms with Crippen LogP contribution < -0.4 is 4.74 Å². The Kier molecular flexibility index (Phi) is 3.39. The van der Waals surface area contributed by atoms with E-state index < -0.39 is 5.82 Å². The number of ether oxygens (including phenoxy) is 1. The van der Waals surface area contributed by atoms with Crippen LogP contribution in [-0.4, -0.2) is 10.3 Å². The van der Waals surface area contributed by atoms with Crippen LogP contribution in [0.25, 0.3) is 0 Å². The van der Waals surface area contributed by atoms with E-state index in [-0.39, 0.29) is 19.0 Å². The standard InChI is InChI=1S/C12H12FNO3/c1-8-5-10(17-14-8)7-16-12-9(6-15)3-2-4-11(12)13/h2-5,15H,6-7H2,1H3. The summed E-state index contributed by atoms with van der Waals surface area (Å²) in [5, 5.41) is 12.8. The first kappa shape index (κ1) is 11.6. The molecule has 1 heterocycles. The van der Waals surface area contributed by atoms with Gasteiger partial charge < -0.3 is 14.4 Å². The number of hydrogen-bond donors (Lipinski definition) is 1. The minimum absolute atomic E-state index is 0.0454. The average Bonchev–Trinajstić information content (AvgIpc) is 2.73. The van der Waals surface area contributed by atoms with Crippen molar-refractivity contribution in [1.82, 2.24) is 5.16 Å². The molecule has 0 atom stereocenters. The molecule has 0 radical (unpaired) electrons. The van der Waals surface area contributed by atoms with Gasteiger partial charge in [0.05, 0.1) is 12.3 Å². The lowest BCUT2D eigenvalue weighted by Crippen LogP contribution is -2.00. The zero-order valence-electron chi connectivity index (χ0n) is 9.31. The van der Waals surface area contributed by atoms with Crippen molar-refractivity contribution in [3.05, 3.63) is 47.1 Å². The van der Waals surface area contributed by atoms with Gasteiger partial charge in [0.25, 0.3) is 0 Å². The van der Waals surface area contributed by atoms with E-state index in [9.17, 15) is 4.39 Å². The summed E-state index contributed by atoms with van der Waals surface area (Å²) in [5.74, 6) is 0.0477. The van der Waals surface area contributed by atoms with Crippen LogP contribution in [0.15, 0.2) is 28.8 Å².